The maximum atomic E-state index is 10.3. The summed E-state index contributed by atoms with van der Waals surface area (Å²) in [5, 5.41) is 0. The van der Waals surface area contributed by atoms with Gasteiger partial charge in [-0.25, -0.2) is 4.98 Å². The lowest BCUT2D eigenvalue weighted by Gasteiger charge is -2.06. The van der Waals surface area contributed by atoms with E-state index in [-0.39, 0.29) is 0 Å². The Kier molecular flexibility index (Phi) is 4.81. The van der Waals surface area contributed by atoms with E-state index in [4.69, 9.17) is 4.74 Å². The minimum atomic E-state index is 0.435. The van der Waals surface area contributed by atoms with Crippen molar-refractivity contribution in [1.82, 2.24) is 4.98 Å². The molecule has 0 bridgehead atoms. The van der Waals surface area contributed by atoms with Gasteiger partial charge in [-0.3, -0.25) is 4.79 Å². The monoisotopic (exact) mass is 207 g/mol. The zero-order valence-electron chi connectivity index (χ0n) is 9.27. The van der Waals surface area contributed by atoms with Crippen LogP contribution < -0.4 is 4.74 Å². The summed E-state index contributed by atoms with van der Waals surface area (Å²) in [6, 6.07) is 3.43. The van der Waals surface area contributed by atoms with Crippen LogP contribution in [0, 0.1) is 5.92 Å². The molecule has 0 saturated carbocycles. The molecule has 0 aliphatic heterocycles. The second-order valence-electron chi connectivity index (χ2n) is 3.92. The molecule has 1 aromatic heterocycles. The average Bonchev–Trinajstić information content (AvgIpc) is 2.25. The third-order valence-corrected chi connectivity index (χ3v) is 2.07. The highest BCUT2D eigenvalue weighted by Crippen LogP contribution is 2.10. The fourth-order valence-electron chi connectivity index (χ4n) is 1.23. The number of aldehydes is 1. The van der Waals surface area contributed by atoms with Gasteiger partial charge in [0.2, 0.25) is 0 Å². The third-order valence-electron chi connectivity index (χ3n) is 2.07. The summed E-state index contributed by atoms with van der Waals surface area (Å²) in [6.07, 6.45) is 4.52. The summed E-state index contributed by atoms with van der Waals surface area (Å²) < 4.78 is 5.48. The molecule has 1 rings (SSSR count). The lowest BCUT2D eigenvalue weighted by molar-refractivity contribution is 0.111. The van der Waals surface area contributed by atoms with E-state index in [2.05, 4.69) is 18.8 Å². The van der Waals surface area contributed by atoms with Crippen molar-refractivity contribution in [2.45, 2.75) is 26.7 Å². The number of hydrogen-bond acceptors (Lipinski definition) is 3. The predicted molar refractivity (Wildman–Crippen MR) is 59.2 cm³/mol. The van der Waals surface area contributed by atoms with Crippen LogP contribution in [0.1, 0.15) is 37.2 Å². The number of ether oxygens (including phenoxy) is 1. The van der Waals surface area contributed by atoms with Crippen LogP contribution in [0.4, 0.5) is 0 Å². The number of rotatable bonds is 6. The number of hydrogen-bond donors (Lipinski definition) is 0. The molecule has 0 saturated heterocycles. The minimum Gasteiger partial charge on any atom is -0.492 e. The summed E-state index contributed by atoms with van der Waals surface area (Å²) in [7, 11) is 0. The van der Waals surface area contributed by atoms with Crippen molar-refractivity contribution >= 4 is 6.29 Å². The van der Waals surface area contributed by atoms with E-state index in [1.807, 2.05) is 0 Å². The van der Waals surface area contributed by atoms with Gasteiger partial charge in [-0.2, -0.15) is 0 Å². The van der Waals surface area contributed by atoms with Crippen LogP contribution in [0.15, 0.2) is 18.3 Å². The van der Waals surface area contributed by atoms with Crippen molar-refractivity contribution in [2.24, 2.45) is 5.92 Å². The molecular formula is C12H17NO2. The van der Waals surface area contributed by atoms with E-state index < -0.39 is 0 Å². The molecule has 0 spiro atoms. The second-order valence-corrected chi connectivity index (χ2v) is 3.92. The topological polar surface area (TPSA) is 39.2 Å². The summed E-state index contributed by atoms with van der Waals surface area (Å²) in [5.41, 5.74) is 0.435. The van der Waals surface area contributed by atoms with Crippen LogP contribution in [-0.4, -0.2) is 17.9 Å². The van der Waals surface area contributed by atoms with Gasteiger partial charge >= 0.3 is 0 Å². The standard InChI is InChI=1S/C12H17NO2/c1-10(2)4-3-7-15-12-6-5-11(9-14)13-8-12/h5-6,8-10H,3-4,7H2,1-2H3. The number of carbonyl (C=O) groups excluding carboxylic acids is 1. The Morgan fingerprint density at radius 1 is 1.47 bits per heavy atom. The zero-order valence-corrected chi connectivity index (χ0v) is 9.27. The maximum Gasteiger partial charge on any atom is 0.168 e. The molecule has 0 amide bonds. The van der Waals surface area contributed by atoms with Crippen molar-refractivity contribution in [3.63, 3.8) is 0 Å². The van der Waals surface area contributed by atoms with E-state index in [0.717, 1.165) is 18.5 Å². The number of carbonyl (C=O) groups is 1. The normalized spacial score (nSPS) is 10.3. The summed E-state index contributed by atoms with van der Waals surface area (Å²) in [4.78, 5) is 14.3. The molecule has 82 valence electrons. The number of nitrogens with zero attached hydrogens (tertiary/aromatic N) is 1. The summed E-state index contributed by atoms with van der Waals surface area (Å²) in [5.74, 6) is 1.44. The third kappa shape index (κ3) is 4.58. The highest BCUT2D eigenvalue weighted by molar-refractivity contribution is 5.71. The van der Waals surface area contributed by atoms with Gasteiger partial charge in [0.05, 0.1) is 12.8 Å². The summed E-state index contributed by atoms with van der Waals surface area (Å²) >= 11 is 0. The van der Waals surface area contributed by atoms with Crippen molar-refractivity contribution in [3.8, 4) is 5.75 Å². The molecule has 3 nitrogen and oxygen atoms in total. The van der Waals surface area contributed by atoms with Crippen molar-refractivity contribution < 1.29 is 9.53 Å². The van der Waals surface area contributed by atoms with Crippen molar-refractivity contribution in [2.75, 3.05) is 6.61 Å². The molecule has 0 atom stereocenters. The van der Waals surface area contributed by atoms with Gasteiger partial charge in [-0.05, 0) is 30.9 Å². The first-order chi connectivity index (χ1) is 7.22. The van der Waals surface area contributed by atoms with Crippen molar-refractivity contribution in [3.05, 3.63) is 24.0 Å². The fourth-order valence-corrected chi connectivity index (χ4v) is 1.23. The lowest BCUT2D eigenvalue weighted by atomic mass is 10.1. The Balaban J connectivity index is 2.28. The van der Waals surface area contributed by atoms with Gasteiger partial charge in [0.1, 0.15) is 11.4 Å². The first kappa shape index (κ1) is 11.7. The minimum absolute atomic E-state index is 0.435. The zero-order chi connectivity index (χ0) is 11.1. The average molecular weight is 207 g/mol. The van der Waals surface area contributed by atoms with Gasteiger partial charge in [0.15, 0.2) is 6.29 Å². The van der Waals surface area contributed by atoms with Crippen LogP contribution in [0.3, 0.4) is 0 Å². The quantitative estimate of drug-likeness (QED) is 0.532. The predicted octanol–water partition coefficient (Wildman–Crippen LogP) is 2.71. The molecule has 0 aliphatic carbocycles. The SMILES string of the molecule is CC(C)CCCOc1ccc(C=O)nc1. The Morgan fingerprint density at radius 3 is 2.80 bits per heavy atom. The number of pyridine rings is 1. The lowest BCUT2D eigenvalue weighted by Crippen LogP contribution is -2.00. The van der Waals surface area contributed by atoms with Crippen LogP contribution in [0.5, 0.6) is 5.75 Å². The highest BCUT2D eigenvalue weighted by atomic mass is 16.5. The smallest absolute Gasteiger partial charge is 0.168 e. The molecular weight excluding hydrogens is 190 g/mol. The Morgan fingerprint density at radius 2 is 2.27 bits per heavy atom. The van der Waals surface area contributed by atoms with E-state index in [1.165, 1.54) is 6.42 Å². The number of aromatic nitrogens is 1. The van der Waals surface area contributed by atoms with E-state index >= 15 is 0 Å². The Bertz CT molecular complexity index is 293. The Labute approximate surface area is 90.5 Å². The maximum absolute atomic E-state index is 10.3. The van der Waals surface area contributed by atoms with Gasteiger partial charge in [-0.1, -0.05) is 13.8 Å². The molecule has 1 heterocycles. The highest BCUT2D eigenvalue weighted by Gasteiger charge is 1.97. The van der Waals surface area contributed by atoms with Crippen LogP contribution in [-0.2, 0) is 0 Å². The van der Waals surface area contributed by atoms with E-state index in [9.17, 15) is 4.79 Å². The summed E-state index contributed by atoms with van der Waals surface area (Å²) in [6.45, 7) is 5.10. The molecule has 0 unspecified atom stereocenters. The first-order valence-corrected chi connectivity index (χ1v) is 5.26. The van der Waals surface area contributed by atoms with Gasteiger partial charge in [-0.15, -0.1) is 0 Å². The second kappa shape index (κ2) is 6.17. The van der Waals surface area contributed by atoms with Crippen molar-refractivity contribution in [1.29, 1.82) is 0 Å². The first-order valence-electron chi connectivity index (χ1n) is 5.26. The fraction of sp³-hybridized carbons (Fsp3) is 0.500. The van der Waals surface area contributed by atoms with Crippen LogP contribution in [0.2, 0.25) is 0 Å². The molecule has 0 aromatic carbocycles. The van der Waals surface area contributed by atoms with Crippen LogP contribution >= 0.6 is 0 Å². The van der Waals surface area contributed by atoms with E-state index in [0.29, 0.717) is 18.2 Å². The van der Waals surface area contributed by atoms with Gasteiger partial charge in [0, 0.05) is 0 Å². The largest absolute Gasteiger partial charge is 0.492 e. The molecule has 3 heteroatoms. The van der Waals surface area contributed by atoms with E-state index in [1.54, 1.807) is 18.3 Å². The molecule has 0 radical (unpaired) electrons. The van der Waals surface area contributed by atoms with Crippen LogP contribution in [0.25, 0.3) is 0 Å². The molecule has 0 N–H and O–H groups in total. The molecule has 15 heavy (non-hydrogen) atoms. The van der Waals surface area contributed by atoms with Gasteiger partial charge in [0.25, 0.3) is 0 Å². The molecule has 0 fully saturated rings. The van der Waals surface area contributed by atoms with Gasteiger partial charge < -0.3 is 4.74 Å². The Hall–Kier alpha value is -1.38. The molecule has 1 aromatic rings. The molecule has 0 aliphatic rings.